The molecule has 6 heteroatoms. The first-order valence-corrected chi connectivity index (χ1v) is 6.22. The van der Waals surface area contributed by atoms with Crippen molar-refractivity contribution in [2.75, 3.05) is 46.1 Å². The summed E-state index contributed by atoms with van der Waals surface area (Å²) in [5, 5.41) is 0. The van der Waals surface area contributed by atoms with E-state index in [2.05, 4.69) is 9.89 Å². The maximum atomic E-state index is 5.75. The van der Waals surface area contributed by atoms with Crippen LogP contribution in [0.3, 0.4) is 0 Å². The van der Waals surface area contributed by atoms with Crippen LogP contribution in [0.5, 0.6) is 0 Å². The molecule has 3 aliphatic heterocycles. The summed E-state index contributed by atoms with van der Waals surface area (Å²) in [5.41, 5.74) is 0. The van der Waals surface area contributed by atoms with Crippen molar-refractivity contribution in [2.24, 2.45) is 4.99 Å². The van der Waals surface area contributed by atoms with Gasteiger partial charge in [0.2, 0.25) is 5.88 Å². The second-order valence-electron chi connectivity index (χ2n) is 4.20. The van der Waals surface area contributed by atoms with Crippen molar-refractivity contribution >= 4 is 6.21 Å². The Labute approximate surface area is 106 Å². The molecule has 98 valence electrons. The number of aliphatic imine (C=N–C) groups is 1. The Balaban J connectivity index is 1.85. The molecule has 0 aromatic carbocycles. The van der Waals surface area contributed by atoms with Gasteiger partial charge in [0, 0.05) is 25.5 Å². The molecule has 0 aromatic heterocycles. The van der Waals surface area contributed by atoms with Crippen LogP contribution in [0.2, 0.25) is 0 Å². The fourth-order valence-corrected chi connectivity index (χ4v) is 2.14. The minimum absolute atomic E-state index is 0.522. The number of hydrogen-bond acceptors (Lipinski definition) is 6. The summed E-state index contributed by atoms with van der Waals surface area (Å²) in [7, 11) is 0. The van der Waals surface area contributed by atoms with Gasteiger partial charge in [0.25, 0.3) is 0 Å². The van der Waals surface area contributed by atoms with E-state index in [9.17, 15) is 0 Å². The van der Waals surface area contributed by atoms with Crippen LogP contribution in [-0.4, -0.2) is 62.1 Å². The molecule has 3 heterocycles. The van der Waals surface area contributed by atoms with Gasteiger partial charge in [-0.1, -0.05) is 0 Å². The highest BCUT2D eigenvalue weighted by Gasteiger charge is 2.24. The third-order valence-corrected chi connectivity index (χ3v) is 3.06. The molecule has 1 saturated heterocycles. The number of hydrogen-bond donors (Lipinski definition) is 0. The molecular formula is C12H17N3O3. The van der Waals surface area contributed by atoms with Crippen molar-refractivity contribution < 1.29 is 14.2 Å². The second-order valence-corrected chi connectivity index (χ2v) is 4.20. The summed E-state index contributed by atoms with van der Waals surface area (Å²) in [6.07, 6.45) is 5.38. The quantitative estimate of drug-likeness (QED) is 0.708. The zero-order chi connectivity index (χ0) is 12.2. The predicted molar refractivity (Wildman–Crippen MR) is 65.7 cm³/mol. The second kappa shape index (κ2) is 5.30. The molecule has 0 unspecified atom stereocenters. The van der Waals surface area contributed by atoms with Gasteiger partial charge in [0.1, 0.15) is 13.2 Å². The third-order valence-electron chi connectivity index (χ3n) is 3.06. The van der Waals surface area contributed by atoms with Crippen molar-refractivity contribution in [1.82, 2.24) is 9.80 Å². The van der Waals surface area contributed by atoms with E-state index in [1.165, 1.54) is 0 Å². The van der Waals surface area contributed by atoms with Gasteiger partial charge in [-0.3, -0.25) is 0 Å². The lowest BCUT2D eigenvalue weighted by Crippen LogP contribution is -2.39. The highest BCUT2D eigenvalue weighted by Crippen LogP contribution is 2.22. The standard InChI is InChI=1S/C12H17N3O3/c1-6-18-12(15-4-9-17-10-5-15)11(13-1)14-2-7-16-8-3-14/h1,4,9H,2-3,5-8,10H2. The molecule has 6 nitrogen and oxygen atoms in total. The van der Waals surface area contributed by atoms with E-state index >= 15 is 0 Å². The molecule has 0 aliphatic carbocycles. The van der Waals surface area contributed by atoms with E-state index in [-0.39, 0.29) is 0 Å². The number of nitrogens with zero attached hydrogens (tertiary/aromatic N) is 3. The fourth-order valence-electron chi connectivity index (χ4n) is 2.14. The van der Waals surface area contributed by atoms with Gasteiger partial charge in [0.05, 0.1) is 26.0 Å². The monoisotopic (exact) mass is 251 g/mol. The molecule has 0 aromatic rings. The molecule has 0 N–H and O–H groups in total. The van der Waals surface area contributed by atoms with E-state index in [0.717, 1.165) is 44.6 Å². The van der Waals surface area contributed by atoms with Crippen LogP contribution in [0.15, 0.2) is 29.2 Å². The summed E-state index contributed by atoms with van der Waals surface area (Å²) in [6, 6.07) is 0. The molecule has 3 aliphatic rings. The van der Waals surface area contributed by atoms with Crippen molar-refractivity contribution in [2.45, 2.75) is 0 Å². The SMILES string of the molecule is C1=CN(C2=C(N3CCOCC3)N=CCO2)CCO1. The minimum atomic E-state index is 0.522. The first-order chi connectivity index (χ1) is 8.95. The lowest BCUT2D eigenvalue weighted by atomic mass is 10.4. The van der Waals surface area contributed by atoms with Gasteiger partial charge in [-0.15, -0.1) is 0 Å². The molecule has 18 heavy (non-hydrogen) atoms. The number of rotatable bonds is 2. The Morgan fingerprint density at radius 3 is 2.78 bits per heavy atom. The maximum absolute atomic E-state index is 5.75. The zero-order valence-corrected chi connectivity index (χ0v) is 10.2. The van der Waals surface area contributed by atoms with Gasteiger partial charge in [-0.2, -0.15) is 0 Å². The summed E-state index contributed by atoms with van der Waals surface area (Å²) in [5.74, 6) is 1.72. The third kappa shape index (κ3) is 2.28. The average Bonchev–Trinajstić information content (AvgIpc) is 2.49. The fraction of sp³-hybridized carbons (Fsp3) is 0.583. The molecule has 0 bridgehead atoms. The minimum Gasteiger partial charge on any atom is -0.498 e. The van der Waals surface area contributed by atoms with Crippen LogP contribution in [0.1, 0.15) is 0 Å². The summed E-state index contributed by atoms with van der Waals surface area (Å²) in [4.78, 5) is 8.75. The topological polar surface area (TPSA) is 46.5 Å². The Morgan fingerprint density at radius 1 is 1.11 bits per heavy atom. The number of ether oxygens (including phenoxy) is 3. The normalized spacial score (nSPS) is 24.0. The van der Waals surface area contributed by atoms with Crippen LogP contribution < -0.4 is 0 Å². The van der Waals surface area contributed by atoms with E-state index in [4.69, 9.17) is 14.2 Å². The van der Waals surface area contributed by atoms with Crippen molar-refractivity contribution in [3.63, 3.8) is 0 Å². The molecule has 1 fully saturated rings. The predicted octanol–water partition coefficient (Wildman–Crippen LogP) is 0.350. The Hall–Kier alpha value is -1.69. The maximum Gasteiger partial charge on any atom is 0.238 e. The van der Waals surface area contributed by atoms with Crippen LogP contribution in [0, 0.1) is 0 Å². The molecular weight excluding hydrogens is 234 g/mol. The molecule has 0 atom stereocenters. The lowest BCUT2D eigenvalue weighted by Gasteiger charge is -2.34. The molecule has 0 amide bonds. The average molecular weight is 251 g/mol. The number of morpholine rings is 1. The summed E-state index contributed by atoms with van der Waals surface area (Å²) < 4.78 is 16.3. The zero-order valence-electron chi connectivity index (χ0n) is 10.2. The van der Waals surface area contributed by atoms with E-state index in [1.54, 1.807) is 12.5 Å². The van der Waals surface area contributed by atoms with Crippen molar-refractivity contribution in [3.8, 4) is 0 Å². The van der Waals surface area contributed by atoms with Gasteiger partial charge in [0.15, 0.2) is 5.82 Å². The van der Waals surface area contributed by atoms with E-state index in [1.807, 2.05) is 11.1 Å². The Bertz CT molecular complexity index is 386. The first kappa shape index (κ1) is 11.4. The summed E-state index contributed by atoms with van der Waals surface area (Å²) in [6.45, 7) is 5.17. The van der Waals surface area contributed by atoms with Gasteiger partial charge in [-0.25, -0.2) is 4.99 Å². The summed E-state index contributed by atoms with van der Waals surface area (Å²) >= 11 is 0. The molecule has 3 rings (SSSR count). The van der Waals surface area contributed by atoms with E-state index in [0.29, 0.717) is 13.2 Å². The molecule has 0 radical (unpaired) electrons. The Morgan fingerprint density at radius 2 is 2.00 bits per heavy atom. The van der Waals surface area contributed by atoms with Crippen LogP contribution in [0.25, 0.3) is 0 Å². The van der Waals surface area contributed by atoms with Crippen LogP contribution in [0.4, 0.5) is 0 Å². The van der Waals surface area contributed by atoms with Crippen molar-refractivity contribution in [1.29, 1.82) is 0 Å². The highest BCUT2D eigenvalue weighted by atomic mass is 16.5. The van der Waals surface area contributed by atoms with Gasteiger partial charge >= 0.3 is 0 Å². The first-order valence-electron chi connectivity index (χ1n) is 6.22. The van der Waals surface area contributed by atoms with Crippen LogP contribution in [-0.2, 0) is 14.2 Å². The van der Waals surface area contributed by atoms with Crippen molar-refractivity contribution in [3.05, 3.63) is 24.2 Å². The Kier molecular flexibility index (Phi) is 3.36. The molecule has 0 spiro atoms. The highest BCUT2D eigenvalue weighted by molar-refractivity contribution is 5.61. The van der Waals surface area contributed by atoms with Gasteiger partial charge in [-0.05, 0) is 0 Å². The van der Waals surface area contributed by atoms with E-state index < -0.39 is 0 Å². The largest absolute Gasteiger partial charge is 0.498 e. The van der Waals surface area contributed by atoms with Crippen LogP contribution >= 0.6 is 0 Å². The smallest absolute Gasteiger partial charge is 0.238 e. The lowest BCUT2D eigenvalue weighted by molar-refractivity contribution is 0.0422. The molecule has 0 saturated carbocycles. The van der Waals surface area contributed by atoms with Gasteiger partial charge < -0.3 is 24.0 Å².